The summed E-state index contributed by atoms with van der Waals surface area (Å²) < 4.78 is 16.1. The average Bonchev–Trinajstić information content (AvgIpc) is 3.52. The molecule has 0 fully saturated rings. The molecule has 1 N–H and O–H groups in total. The van der Waals surface area contributed by atoms with Gasteiger partial charge in [0.1, 0.15) is 11.6 Å². The molecule has 0 radical (unpaired) electrons. The standard InChI is InChI=1S/C23H24N4O4S/c1-29-18-8-5-4-7-16(18)25-22(28)27(21-9-6-12-24-21)23-26-17(14-32-23)15-10-11-19(30-2)20(13-15)31-3/h4-5,7-8,10-11,13-14H,6,9,12H2,1-3H3,(H,25,28). The molecule has 0 saturated carbocycles. The van der Waals surface area contributed by atoms with Crippen molar-refractivity contribution in [1.82, 2.24) is 4.98 Å². The summed E-state index contributed by atoms with van der Waals surface area (Å²) in [4.78, 5) is 24.1. The molecular weight excluding hydrogens is 428 g/mol. The van der Waals surface area contributed by atoms with Gasteiger partial charge in [-0.3, -0.25) is 4.99 Å². The lowest BCUT2D eigenvalue weighted by Gasteiger charge is -2.21. The summed E-state index contributed by atoms with van der Waals surface area (Å²) in [5.41, 5.74) is 2.18. The Hall–Kier alpha value is -3.59. The van der Waals surface area contributed by atoms with E-state index in [-0.39, 0.29) is 6.03 Å². The number of carbonyl (C=O) groups excluding carboxylic acids is 1. The lowest BCUT2D eigenvalue weighted by atomic mass is 10.1. The summed E-state index contributed by atoms with van der Waals surface area (Å²) in [5.74, 6) is 2.54. The van der Waals surface area contributed by atoms with Crippen LogP contribution in [0.25, 0.3) is 11.3 Å². The SMILES string of the molecule is COc1ccccc1NC(=O)N(C1=NCCC1)c1nc(-c2ccc(OC)c(OC)c2)cs1. The van der Waals surface area contributed by atoms with Crippen LogP contribution < -0.4 is 24.4 Å². The van der Waals surface area contributed by atoms with Crippen LogP contribution >= 0.6 is 11.3 Å². The molecular formula is C23H24N4O4S. The number of aliphatic imine (C=N–C) groups is 1. The van der Waals surface area contributed by atoms with E-state index in [1.54, 1.807) is 38.4 Å². The van der Waals surface area contributed by atoms with Crippen LogP contribution in [0.5, 0.6) is 17.2 Å². The molecule has 1 aliphatic rings. The number of methoxy groups -OCH3 is 3. The lowest BCUT2D eigenvalue weighted by molar-refractivity contribution is 0.259. The van der Waals surface area contributed by atoms with Crippen LogP contribution in [0.1, 0.15) is 12.8 Å². The van der Waals surface area contributed by atoms with E-state index in [1.165, 1.54) is 11.3 Å². The molecule has 1 aromatic heterocycles. The number of amides is 2. The Morgan fingerprint density at radius 2 is 1.81 bits per heavy atom. The fourth-order valence-corrected chi connectivity index (χ4v) is 4.29. The van der Waals surface area contributed by atoms with E-state index in [0.29, 0.717) is 46.9 Å². The largest absolute Gasteiger partial charge is 0.495 e. The molecule has 9 heteroatoms. The molecule has 0 spiro atoms. The predicted molar refractivity (Wildman–Crippen MR) is 127 cm³/mol. The number of rotatable bonds is 6. The number of anilines is 2. The van der Waals surface area contributed by atoms with Crippen LogP contribution in [0.2, 0.25) is 0 Å². The number of urea groups is 1. The van der Waals surface area contributed by atoms with Gasteiger partial charge in [-0.2, -0.15) is 0 Å². The topological polar surface area (TPSA) is 85.3 Å². The van der Waals surface area contributed by atoms with Crippen LogP contribution in [-0.2, 0) is 0 Å². The van der Waals surface area contributed by atoms with Crippen LogP contribution in [0, 0.1) is 0 Å². The van der Waals surface area contributed by atoms with E-state index in [0.717, 1.165) is 17.7 Å². The second-order valence-electron chi connectivity index (χ2n) is 6.95. The number of hydrogen-bond donors (Lipinski definition) is 1. The van der Waals surface area contributed by atoms with Gasteiger partial charge in [0.25, 0.3) is 0 Å². The van der Waals surface area contributed by atoms with Crippen molar-refractivity contribution in [1.29, 1.82) is 0 Å². The van der Waals surface area contributed by atoms with Gasteiger partial charge in [-0.05, 0) is 36.8 Å². The van der Waals surface area contributed by atoms with E-state index >= 15 is 0 Å². The van der Waals surface area contributed by atoms with E-state index in [4.69, 9.17) is 19.2 Å². The highest BCUT2D eigenvalue weighted by molar-refractivity contribution is 7.14. The number of benzene rings is 2. The first kappa shape index (κ1) is 21.6. The smallest absolute Gasteiger partial charge is 0.333 e. The molecule has 3 aromatic rings. The molecule has 0 aliphatic carbocycles. The highest BCUT2D eigenvalue weighted by Crippen LogP contribution is 2.35. The number of para-hydroxylation sites is 2. The minimum Gasteiger partial charge on any atom is -0.495 e. The molecule has 0 bridgehead atoms. The highest BCUT2D eigenvalue weighted by Gasteiger charge is 2.27. The maximum atomic E-state index is 13.3. The first-order valence-corrected chi connectivity index (χ1v) is 11.0. The molecule has 1 aliphatic heterocycles. The van der Waals surface area contributed by atoms with E-state index < -0.39 is 0 Å². The van der Waals surface area contributed by atoms with Crippen LogP contribution in [-0.4, -0.2) is 44.7 Å². The minimum atomic E-state index is -0.330. The zero-order valence-corrected chi connectivity index (χ0v) is 18.9. The summed E-state index contributed by atoms with van der Waals surface area (Å²) in [6.45, 7) is 0.696. The van der Waals surface area contributed by atoms with Crippen LogP contribution in [0.4, 0.5) is 15.6 Å². The highest BCUT2D eigenvalue weighted by atomic mass is 32.1. The summed E-state index contributed by atoms with van der Waals surface area (Å²) in [5, 5.41) is 5.39. The van der Waals surface area contributed by atoms with Crippen molar-refractivity contribution in [3.8, 4) is 28.5 Å². The summed E-state index contributed by atoms with van der Waals surface area (Å²) in [7, 11) is 4.76. The fourth-order valence-electron chi connectivity index (χ4n) is 3.44. The third-order valence-corrected chi connectivity index (χ3v) is 5.85. The predicted octanol–water partition coefficient (Wildman–Crippen LogP) is 5.07. The lowest BCUT2D eigenvalue weighted by Crippen LogP contribution is -2.39. The molecule has 166 valence electrons. The fraction of sp³-hybridized carbons (Fsp3) is 0.261. The number of ether oxygens (including phenoxy) is 3. The quantitative estimate of drug-likeness (QED) is 0.565. The molecule has 0 unspecified atom stereocenters. The van der Waals surface area contributed by atoms with Crippen molar-refractivity contribution in [2.75, 3.05) is 38.1 Å². The summed E-state index contributed by atoms with van der Waals surface area (Å²) >= 11 is 1.38. The molecule has 4 rings (SSSR count). The van der Waals surface area contributed by atoms with E-state index in [9.17, 15) is 4.79 Å². The number of hydrogen-bond acceptors (Lipinski definition) is 7. The Labute approximate surface area is 190 Å². The number of nitrogens with one attached hydrogen (secondary N) is 1. The van der Waals surface area contributed by atoms with Crippen molar-refractivity contribution >= 4 is 34.0 Å². The number of amidine groups is 1. The molecule has 8 nitrogen and oxygen atoms in total. The van der Waals surface area contributed by atoms with Gasteiger partial charge >= 0.3 is 6.03 Å². The summed E-state index contributed by atoms with van der Waals surface area (Å²) in [6, 6.07) is 12.6. The molecule has 0 atom stereocenters. The maximum Gasteiger partial charge on any atom is 0.333 e. The second kappa shape index (κ2) is 9.69. The van der Waals surface area contributed by atoms with Gasteiger partial charge in [-0.15, -0.1) is 11.3 Å². The molecule has 2 heterocycles. The van der Waals surface area contributed by atoms with Crippen molar-refractivity contribution in [3.05, 3.63) is 47.8 Å². The zero-order valence-electron chi connectivity index (χ0n) is 18.1. The van der Waals surface area contributed by atoms with Crippen LogP contribution in [0.15, 0.2) is 52.8 Å². The van der Waals surface area contributed by atoms with Gasteiger partial charge in [-0.25, -0.2) is 14.7 Å². The zero-order chi connectivity index (χ0) is 22.5. The number of thiazole rings is 1. The second-order valence-corrected chi connectivity index (χ2v) is 7.79. The van der Waals surface area contributed by atoms with Crippen molar-refractivity contribution in [2.24, 2.45) is 4.99 Å². The first-order valence-electron chi connectivity index (χ1n) is 10.1. The van der Waals surface area contributed by atoms with E-state index in [2.05, 4.69) is 10.3 Å². The van der Waals surface area contributed by atoms with Gasteiger partial charge in [0.2, 0.25) is 0 Å². The Morgan fingerprint density at radius 1 is 1.03 bits per heavy atom. The summed E-state index contributed by atoms with van der Waals surface area (Å²) in [6.07, 6.45) is 1.62. The van der Waals surface area contributed by atoms with Gasteiger partial charge in [0.15, 0.2) is 16.6 Å². The Kier molecular flexibility index (Phi) is 6.55. The van der Waals surface area contributed by atoms with E-state index in [1.807, 2.05) is 35.7 Å². The normalized spacial score (nSPS) is 12.8. The number of nitrogens with zero attached hydrogens (tertiary/aromatic N) is 3. The first-order chi connectivity index (χ1) is 15.6. The van der Waals surface area contributed by atoms with Gasteiger partial charge in [0.05, 0.1) is 32.7 Å². The van der Waals surface area contributed by atoms with Crippen LogP contribution in [0.3, 0.4) is 0 Å². The molecule has 2 amide bonds. The number of aromatic nitrogens is 1. The van der Waals surface area contributed by atoms with Gasteiger partial charge < -0.3 is 19.5 Å². The molecule has 2 aromatic carbocycles. The molecule has 32 heavy (non-hydrogen) atoms. The Balaban J connectivity index is 1.65. The Morgan fingerprint density at radius 3 is 2.53 bits per heavy atom. The third kappa shape index (κ3) is 4.38. The monoisotopic (exact) mass is 452 g/mol. The van der Waals surface area contributed by atoms with Crippen molar-refractivity contribution in [2.45, 2.75) is 12.8 Å². The number of carbonyl (C=O) groups is 1. The van der Waals surface area contributed by atoms with Crippen molar-refractivity contribution in [3.63, 3.8) is 0 Å². The van der Waals surface area contributed by atoms with Gasteiger partial charge in [0, 0.05) is 23.9 Å². The minimum absolute atomic E-state index is 0.330. The molecule has 0 saturated heterocycles. The maximum absolute atomic E-state index is 13.3. The third-order valence-electron chi connectivity index (χ3n) is 5.03. The Bertz CT molecular complexity index is 1140. The van der Waals surface area contributed by atoms with Gasteiger partial charge in [-0.1, -0.05) is 12.1 Å². The average molecular weight is 453 g/mol. The van der Waals surface area contributed by atoms with Crippen molar-refractivity contribution < 1.29 is 19.0 Å².